The third-order valence-electron chi connectivity index (χ3n) is 4.11. The number of hydrogen-bond acceptors (Lipinski definition) is 4. The number of benzene rings is 2. The van der Waals surface area contributed by atoms with E-state index >= 15 is 0 Å². The molecule has 138 valence electrons. The minimum absolute atomic E-state index is 0.00700. The van der Waals surface area contributed by atoms with E-state index in [1.165, 1.54) is 12.1 Å². The summed E-state index contributed by atoms with van der Waals surface area (Å²) in [4.78, 5) is 14.3. The summed E-state index contributed by atoms with van der Waals surface area (Å²) in [6, 6.07) is 13.2. The van der Waals surface area contributed by atoms with Crippen LogP contribution in [0.2, 0.25) is 0 Å². The number of amides is 1. The van der Waals surface area contributed by atoms with Gasteiger partial charge in [0.2, 0.25) is 5.91 Å². The van der Waals surface area contributed by atoms with E-state index in [2.05, 4.69) is 5.32 Å². The summed E-state index contributed by atoms with van der Waals surface area (Å²) in [5, 5.41) is 3.12. The summed E-state index contributed by atoms with van der Waals surface area (Å²) in [6.45, 7) is 5.26. The Bertz CT molecular complexity index is 758. The Kier molecular flexibility index (Phi) is 5.73. The van der Waals surface area contributed by atoms with Crippen LogP contribution in [0.25, 0.3) is 0 Å². The molecule has 2 aromatic carbocycles. The van der Waals surface area contributed by atoms with Gasteiger partial charge < -0.3 is 19.7 Å². The Morgan fingerprint density at radius 3 is 2.65 bits per heavy atom. The molecule has 0 saturated carbocycles. The molecular weight excluding hydrogens is 335 g/mol. The molecule has 5 nitrogen and oxygen atoms in total. The third-order valence-corrected chi connectivity index (χ3v) is 4.11. The zero-order valence-electron chi connectivity index (χ0n) is 14.9. The molecule has 1 saturated heterocycles. The van der Waals surface area contributed by atoms with E-state index in [9.17, 15) is 9.18 Å². The Morgan fingerprint density at radius 1 is 1.19 bits per heavy atom. The first kappa shape index (κ1) is 18.2. The molecule has 2 aromatic rings. The summed E-state index contributed by atoms with van der Waals surface area (Å²) < 4.78 is 24.8. The van der Waals surface area contributed by atoms with Crippen LogP contribution >= 0.6 is 0 Å². The van der Waals surface area contributed by atoms with Crippen molar-refractivity contribution in [2.45, 2.75) is 26.1 Å². The van der Waals surface area contributed by atoms with Crippen LogP contribution < -0.4 is 10.1 Å². The van der Waals surface area contributed by atoms with Gasteiger partial charge in [-0.2, -0.15) is 0 Å². The first-order chi connectivity index (χ1) is 12.5. The minimum atomic E-state index is -0.362. The van der Waals surface area contributed by atoms with Gasteiger partial charge in [0.15, 0.2) is 5.75 Å². The van der Waals surface area contributed by atoms with Crippen molar-refractivity contribution >= 4 is 11.6 Å². The number of carbonyl (C=O) groups excluding carboxylic acids is 1. The molecule has 0 aromatic heterocycles. The van der Waals surface area contributed by atoms with Crippen LogP contribution in [0.1, 0.15) is 13.8 Å². The topological polar surface area (TPSA) is 50.8 Å². The van der Waals surface area contributed by atoms with Crippen LogP contribution in [0.4, 0.5) is 10.1 Å². The zero-order valence-corrected chi connectivity index (χ0v) is 14.9. The van der Waals surface area contributed by atoms with Gasteiger partial charge in [-0.1, -0.05) is 18.2 Å². The number of ether oxygens (including phenoxy) is 2. The highest BCUT2D eigenvalue weighted by Crippen LogP contribution is 2.29. The molecule has 2 unspecified atom stereocenters. The monoisotopic (exact) mass is 358 g/mol. The van der Waals surface area contributed by atoms with Gasteiger partial charge in [0.1, 0.15) is 11.6 Å². The van der Waals surface area contributed by atoms with Gasteiger partial charge in [-0.25, -0.2) is 4.39 Å². The van der Waals surface area contributed by atoms with Gasteiger partial charge in [0.25, 0.3) is 0 Å². The largest absolute Gasteiger partial charge is 0.455 e. The van der Waals surface area contributed by atoms with E-state index in [1.54, 1.807) is 18.2 Å². The Hall–Kier alpha value is -2.60. The standard InChI is InChI=1S/C20H23FN2O3/c1-14-12-23(13-15(2)25-14)20(24)11-22-18-8-3-4-9-19(18)26-17-7-5-6-16(21)10-17/h3-10,14-15,22H,11-13H2,1-2H3. The van der Waals surface area contributed by atoms with Gasteiger partial charge in [-0.15, -0.1) is 0 Å². The lowest BCUT2D eigenvalue weighted by molar-refractivity contribution is -0.141. The lowest BCUT2D eigenvalue weighted by atomic mass is 10.2. The smallest absolute Gasteiger partial charge is 0.242 e. The molecular formula is C20H23FN2O3. The number of hydrogen-bond donors (Lipinski definition) is 1. The third kappa shape index (κ3) is 4.73. The van der Waals surface area contributed by atoms with Crippen LogP contribution in [0.5, 0.6) is 11.5 Å². The van der Waals surface area contributed by atoms with Crippen molar-refractivity contribution in [1.29, 1.82) is 0 Å². The van der Waals surface area contributed by atoms with Gasteiger partial charge in [0.05, 0.1) is 24.4 Å². The molecule has 26 heavy (non-hydrogen) atoms. The Morgan fingerprint density at radius 2 is 1.92 bits per heavy atom. The molecule has 1 amide bonds. The van der Waals surface area contributed by atoms with Gasteiger partial charge >= 0.3 is 0 Å². The maximum absolute atomic E-state index is 13.3. The number of morpholine rings is 1. The second kappa shape index (κ2) is 8.19. The number of para-hydroxylation sites is 2. The van der Waals surface area contributed by atoms with Crippen molar-refractivity contribution in [2.75, 3.05) is 25.0 Å². The summed E-state index contributed by atoms with van der Waals surface area (Å²) >= 11 is 0. The summed E-state index contributed by atoms with van der Waals surface area (Å²) in [6.07, 6.45) is 0.0672. The molecule has 0 bridgehead atoms. The number of halogens is 1. The molecule has 3 rings (SSSR count). The second-order valence-corrected chi connectivity index (χ2v) is 6.47. The quantitative estimate of drug-likeness (QED) is 0.886. The lowest BCUT2D eigenvalue weighted by Crippen LogP contribution is -2.49. The molecule has 1 aliphatic heterocycles. The van der Waals surface area contributed by atoms with E-state index in [1.807, 2.05) is 36.9 Å². The highest BCUT2D eigenvalue weighted by atomic mass is 19.1. The number of rotatable bonds is 5. The minimum Gasteiger partial charge on any atom is -0.455 e. The molecule has 0 aliphatic carbocycles. The first-order valence-corrected chi connectivity index (χ1v) is 8.71. The van der Waals surface area contributed by atoms with Gasteiger partial charge in [-0.3, -0.25) is 4.79 Å². The van der Waals surface area contributed by atoms with E-state index in [4.69, 9.17) is 9.47 Å². The lowest BCUT2D eigenvalue weighted by Gasteiger charge is -2.35. The maximum atomic E-state index is 13.3. The normalized spacial score (nSPS) is 19.9. The Balaban J connectivity index is 1.64. The molecule has 1 N–H and O–H groups in total. The SMILES string of the molecule is CC1CN(C(=O)CNc2ccccc2Oc2cccc(F)c2)CC(C)O1. The zero-order chi connectivity index (χ0) is 18.5. The van der Waals surface area contributed by atoms with Crippen molar-refractivity contribution in [2.24, 2.45) is 0 Å². The number of nitrogens with one attached hydrogen (secondary N) is 1. The van der Waals surface area contributed by atoms with Gasteiger partial charge in [0, 0.05) is 19.2 Å². The van der Waals surface area contributed by atoms with Crippen molar-refractivity contribution in [3.63, 3.8) is 0 Å². The molecule has 2 atom stereocenters. The molecule has 0 radical (unpaired) electrons. The highest BCUT2D eigenvalue weighted by molar-refractivity contribution is 5.81. The highest BCUT2D eigenvalue weighted by Gasteiger charge is 2.25. The fourth-order valence-corrected chi connectivity index (χ4v) is 3.02. The van der Waals surface area contributed by atoms with Crippen LogP contribution in [0, 0.1) is 5.82 Å². The number of carbonyl (C=O) groups is 1. The van der Waals surface area contributed by atoms with E-state index < -0.39 is 0 Å². The van der Waals surface area contributed by atoms with Gasteiger partial charge in [-0.05, 0) is 38.1 Å². The number of anilines is 1. The first-order valence-electron chi connectivity index (χ1n) is 8.71. The van der Waals surface area contributed by atoms with Crippen molar-refractivity contribution in [1.82, 2.24) is 4.90 Å². The summed E-state index contributed by atoms with van der Waals surface area (Å²) in [5.41, 5.74) is 0.680. The average molecular weight is 358 g/mol. The second-order valence-electron chi connectivity index (χ2n) is 6.47. The van der Waals surface area contributed by atoms with E-state index in [0.29, 0.717) is 30.3 Å². The molecule has 0 spiro atoms. The fourth-order valence-electron chi connectivity index (χ4n) is 3.02. The van der Waals surface area contributed by atoms with Crippen LogP contribution in [0.15, 0.2) is 48.5 Å². The maximum Gasteiger partial charge on any atom is 0.242 e. The molecule has 1 fully saturated rings. The van der Waals surface area contributed by atoms with Crippen molar-refractivity contribution in [3.8, 4) is 11.5 Å². The molecule has 6 heteroatoms. The van der Waals surface area contributed by atoms with E-state index in [0.717, 1.165) is 0 Å². The van der Waals surface area contributed by atoms with Crippen molar-refractivity contribution < 1.29 is 18.7 Å². The summed E-state index contributed by atoms with van der Waals surface area (Å²) in [5.74, 6) is 0.585. The fraction of sp³-hybridized carbons (Fsp3) is 0.350. The van der Waals surface area contributed by atoms with E-state index in [-0.39, 0.29) is 30.5 Å². The predicted octanol–water partition coefficient (Wildman–Crippen LogP) is 3.67. The van der Waals surface area contributed by atoms with Crippen LogP contribution in [0.3, 0.4) is 0 Å². The van der Waals surface area contributed by atoms with Crippen LogP contribution in [-0.2, 0) is 9.53 Å². The Labute approximate surface area is 152 Å². The predicted molar refractivity (Wildman–Crippen MR) is 98.0 cm³/mol. The molecule has 1 heterocycles. The van der Waals surface area contributed by atoms with Crippen LogP contribution in [-0.4, -0.2) is 42.6 Å². The average Bonchev–Trinajstić information content (AvgIpc) is 2.60. The van der Waals surface area contributed by atoms with Crippen molar-refractivity contribution in [3.05, 3.63) is 54.3 Å². The summed E-state index contributed by atoms with van der Waals surface area (Å²) in [7, 11) is 0. The molecule has 1 aliphatic rings. The number of nitrogens with zero attached hydrogens (tertiary/aromatic N) is 1.